The van der Waals surface area contributed by atoms with Crippen LogP contribution in [0.25, 0.3) is 0 Å². The Morgan fingerprint density at radius 1 is 0.818 bits per heavy atom. The number of ether oxygens (including phenoxy) is 1. The largest absolute Gasteiger partial charge is 0.449 e. The van der Waals surface area contributed by atoms with Gasteiger partial charge >= 0.3 is 23.9 Å². The minimum Gasteiger partial charge on any atom is -0.394 e. The van der Waals surface area contributed by atoms with Crippen LogP contribution in [-0.2, 0) is 10.4 Å². The van der Waals surface area contributed by atoms with Crippen molar-refractivity contribution in [2.75, 3.05) is 0 Å². The number of halogens is 10. The molecule has 2 nitrogen and oxygen atoms in total. The van der Waals surface area contributed by atoms with Gasteiger partial charge in [0, 0.05) is 0 Å². The third kappa shape index (κ3) is 1.72. The van der Waals surface area contributed by atoms with E-state index in [9.17, 15) is 48.7 Å². The highest BCUT2D eigenvalue weighted by Gasteiger charge is 2.79. The molecule has 1 aliphatic heterocycles. The monoisotopic (exact) mass is 342 g/mol. The zero-order chi connectivity index (χ0) is 17.2. The van der Waals surface area contributed by atoms with E-state index in [4.69, 9.17) is 0 Å². The summed E-state index contributed by atoms with van der Waals surface area (Å²) in [6.45, 7) is 0. The maximum atomic E-state index is 13.9. The molecule has 0 saturated heterocycles. The van der Waals surface area contributed by atoms with Crippen LogP contribution in [0.2, 0.25) is 0 Å². The molecule has 0 saturated carbocycles. The van der Waals surface area contributed by atoms with Gasteiger partial charge in [0.1, 0.15) is 5.56 Å². The van der Waals surface area contributed by atoms with Crippen molar-refractivity contribution in [3.05, 3.63) is 34.4 Å². The Kier molecular flexibility index (Phi) is 3.17. The van der Waals surface area contributed by atoms with Gasteiger partial charge in [0.2, 0.25) is 0 Å². The second kappa shape index (κ2) is 4.26. The number of cyclic esters (lactones) is 1. The molecule has 0 spiro atoms. The van der Waals surface area contributed by atoms with E-state index in [1.165, 1.54) is 0 Å². The first-order chi connectivity index (χ1) is 9.77. The van der Waals surface area contributed by atoms with Crippen molar-refractivity contribution in [1.82, 2.24) is 0 Å². The van der Waals surface area contributed by atoms with Crippen molar-refractivity contribution in [2.45, 2.75) is 18.0 Å². The van der Waals surface area contributed by atoms with Gasteiger partial charge in [-0.1, -0.05) is 0 Å². The molecule has 0 aromatic heterocycles. The summed E-state index contributed by atoms with van der Waals surface area (Å²) in [7, 11) is 0. The number of carbonyl (C=O) groups is 1. The lowest BCUT2D eigenvalue weighted by Crippen LogP contribution is -2.59. The second-order valence-corrected chi connectivity index (χ2v) is 4.07. The first kappa shape index (κ1) is 16.4. The average Bonchev–Trinajstić information content (AvgIpc) is 2.35. The van der Waals surface area contributed by atoms with Gasteiger partial charge in [-0.05, 0) is 0 Å². The Labute approximate surface area is 113 Å². The van der Waals surface area contributed by atoms with E-state index in [0.29, 0.717) is 0 Å². The predicted octanol–water partition coefficient (Wildman–Crippen LogP) is 3.73. The van der Waals surface area contributed by atoms with Crippen LogP contribution in [0.1, 0.15) is 15.9 Å². The maximum absolute atomic E-state index is 13.9. The van der Waals surface area contributed by atoms with Gasteiger partial charge in [0.15, 0.2) is 23.3 Å². The Morgan fingerprint density at radius 2 is 1.27 bits per heavy atom. The van der Waals surface area contributed by atoms with E-state index in [1.807, 2.05) is 0 Å². The van der Waals surface area contributed by atoms with Crippen molar-refractivity contribution < 1.29 is 53.4 Å². The van der Waals surface area contributed by atoms with Crippen molar-refractivity contribution in [2.24, 2.45) is 0 Å². The summed E-state index contributed by atoms with van der Waals surface area (Å²) in [4.78, 5) is 11.0. The minimum absolute atomic E-state index is 2.44. The topological polar surface area (TPSA) is 26.3 Å². The molecule has 2 rings (SSSR count). The molecular weight excluding hydrogens is 342 g/mol. The van der Waals surface area contributed by atoms with Crippen molar-refractivity contribution >= 4 is 5.97 Å². The highest BCUT2D eigenvalue weighted by Crippen LogP contribution is 2.57. The molecule has 1 atom stereocenters. The number of alkyl halides is 6. The molecule has 0 N–H and O–H groups in total. The van der Waals surface area contributed by atoms with Crippen LogP contribution in [0, 0.1) is 23.3 Å². The van der Waals surface area contributed by atoms with Gasteiger partial charge in [-0.3, -0.25) is 0 Å². The maximum Gasteiger partial charge on any atom is 0.449 e. The van der Waals surface area contributed by atoms with E-state index in [-0.39, 0.29) is 0 Å². The van der Waals surface area contributed by atoms with Crippen LogP contribution >= 0.6 is 0 Å². The van der Waals surface area contributed by atoms with Crippen LogP contribution in [0.15, 0.2) is 0 Å². The van der Waals surface area contributed by atoms with Gasteiger partial charge in [-0.25, -0.2) is 26.7 Å². The fourth-order valence-corrected chi connectivity index (χ4v) is 1.84. The number of benzene rings is 1. The van der Waals surface area contributed by atoms with Gasteiger partial charge in [0.05, 0.1) is 5.56 Å². The normalized spacial score (nSPS) is 24.0. The number of esters is 1. The Balaban J connectivity index is 3.05. The fraction of sp³-hybridized carbons (Fsp3) is 0.300. The van der Waals surface area contributed by atoms with Gasteiger partial charge < -0.3 is 4.74 Å². The summed E-state index contributed by atoms with van der Waals surface area (Å²) in [6, 6.07) is 0. The standard InChI is InChI=1S/C10F10O2/c11-3-1-2(4(12)6(14)5(3)13)8(15,9(16,17)18)10(19,20)22-7(1)21. The molecular formula is C10F10O2. The smallest absolute Gasteiger partial charge is 0.394 e. The Morgan fingerprint density at radius 3 is 1.73 bits per heavy atom. The van der Waals surface area contributed by atoms with Gasteiger partial charge in [-0.15, -0.1) is 0 Å². The molecule has 1 unspecified atom stereocenters. The van der Waals surface area contributed by atoms with Crippen LogP contribution in [0.4, 0.5) is 43.9 Å². The second-order valence-electron chi connectivity index (χ2n) is 4.07. The molecule has 0 radical (unpaired) electrons. The summed E-state index contributed by atoms with van der Waals surface area (Å²) < 4.78 is 134. The summed E-state index contributed by atoms with van der Waals surface area (Å²) >= 11 is 0. The van der Waals surface area contributed by atoms with Gasteiger partial charge in [-0.2, -0.15) is 22.0 Å². The van der Waals surface area contributed by atoms with Crippen molar-refractivity contribution in [3.63, 3.8) is 0 Å². The summed E-state index contributed by atoms with van der Waals surface area (Å²) in [5.41, 5.74) is -11.6. The first-order valence-corrected chi connectivity index (χ1v) is 5.00. The van der Waals surface area contributed by atoms with Crippen LogP contribution in [0.5, 0.6) is 0 Å². The number of hydrogen-bond donors (Lipinski definition) is 0. The summed E-state index contributed by atoms with van der Waals surface area (Å²) in [6.07, 6.45) is -12.7. The van der Waals surface area contributed by atoms with E-state index < -0.39 is 58.3 Å². The quantitative estimate of drug-likeness (QED) is 0.311. The minimum atomic E-state index is -6.65. The number of fused-ring (bicyclic) bond motifs is 1. The van der Waals surface area contributed by atoms with E-state index in [2.05, 4.69) is 4.74 Å². The molecule has 0 amide bonds. The van der Waals surface area contributed by atoms with Crippen molar-refractivity contribution in [1.29, 1.82) is 0 Å². The highest BCUT2D eigenvalue weighted by atomic mass is 19.4. The van der Waals surface area contributed by atoms with Crippen LogP contribution < -0.4 is 0 Å². The van der Waals surface area contributed by atoms with Crippen LogP contribution in [0.3, 0.4) is 0 Å². The number of hydrogen-bond acceptors (Lipinski definition) is 2. The van der Waals surface area contributed by atoms with Gasteiger partial charge in [0.25, 0.3) is 0 Å². The van der Waals surface area contributed by atoms with E-state index in [1.54, 1.807) is 0 Å². The molecule has 0 fully saturated rings. The summed E-state index contributed by atoms with van der Waals surface area (Å²) in [5, 5.41) is 0. The van der Waals surface area contributed by atoms with Crippen molar-refractivity contribution in [3.8, 4) is 0 Å². The number of rotatable bonds is 0. The van der Waals surface area contributed by atoms with E-state index >= 15 is 0 Å². The molecule has 22 heavy (non-hydrogen) atoms. The fourth-order valence-electron chi connectivity index (χ4n) is 1.84. The molecule has 0 aliphatic carbocycles. The third-order valence-electron chi connectivity index (χ3n) is 2.83. The lowest BCUT2D eigenvalue weighted by molar-refractivity contribution is -0.377. The zero-order valence-electron chi connectivity index (χ0n) is 9.60. The third-order valence-corrected chi connectivity index (χ3v) is 2.83. The highest BCUT2D eigenvalue weighted by molar-refractivity contribution is 5.93. The Bertz CT molecular complexity index is 680. The lowest BCUT2D eigenvalue weighted by atomic mass is 9.86. The Hall–Kier alpha value is -2.01. The average molecular weight is 342 g/mol. The van der Waals surface area contributed by atoms with E-state index in [0.717, 1.165) is 0 Å². The SMILES string of the molecule is O=C1OC(F)(F)C(F)(C(F)(F)F)c2c(F)c(F)c(F)c(F)c21. The predicted molar refractivity (Wildman–Crippen MR) is 45.5 cm³/mol. The summed E-state index contributed by atoms with van der Waals surface area (Å²) in [5.74, 6) is -14.4. The van der Waals surface area contributed by atoms with Crippen LogP contribution in [-0.4, -0.2) is 18.3 Å². The molecule has 12 heteroatoms. The zero-order valence-corrected chi connectivity index (χ0v) is 9.60. The molecule has 1 aliphatic rings. The molecule has 122 valence electrons. The lowest BCUT2D eigenvalue weighted by Gasteiger charge is -2.38. The first-order valence-electron chi connectivity index (χ1n) is 5.00. The molecule has 1 heterocycles. The molecule has 1 aromatic rings. The molecule has 1 aromatic carbocycles. The molecule has 0 bridgehead atoms. The number of carbonyl (C=O) groups excluding carboxylic acids is 1.